The first-order chi connectivity index (χ1) is 14.1. The number of piperazine rings is 1. The standard InChI is InChI=1S/C21H23N3O5/c1-27-19-14-16(15-22)6-7-17(19)28-13-3-5-20(25)23-8-10-24(11-9-23)21(26)18-4-2-12-29-18/h2,4,6-7,12,14H,3,5,8-11,13H2,1H3. The van der Waals surface area contributed by atoms with E-state index in [1.165, 1.54) is 13.4 Å². The van der Waals surface area contributed by atoms with E-state index in [0.29, 0.717) is 68.5 Å². The number of carbonyl (C=O) groups excluding carboxylic acids is 2. The van der Waals surface area contributed by atoms with Gasteiger partial charge in [0.05, 0.1) is 31.6 Å². The molecular formula is C21H23N3O5. The van der Waals surface area contributed by atoms with Gasteiger partial charge in [0, 0.05) is 38.7 Å². The maximum Gasteiger partial charge on any atom is 0.289 e. The summed E-state index contributed by atoms with van der Waals surface area (Å²) in [7, 11) is 1.52. The van der Waals surface area contributed by atoms with E-state index >= 15 is 0 Å². The van der Waals surface area contributed by atoms with Gasteiger partial charge in [0.2, 0.25) is 5.91 Å². The molecule has 1 fully saturated rings. The Morgan fingerprint density at radius 3 is 2.55 bits per heavy atom. The highest BCUT2D eigenvalue weighted by Crippen LogP contribution is 2.28. The van der Waals surface area contributed by atoms with Crippen LogP contribution in [-0.4, -0.2) is 61.5 Å². The number of carbonyl (C=O) groups is 2. The third kappa shape index (κ3) is 5.08. The van der Waals surface area contributed by atoms with Crippen LogP contribution in [0.2, 0.25) is 0 Å². The quantitative estimate of drug-likeness (QED) is 0.665. The second-order valence-corrected chi connectivity index (χ2v) is 6.58. The van der Waals surface area contributed by atoms with Crippen LogP contribution >= 0.6 is 0 Å². The summed E-state index contributed by atoms with van der Waals surface area (Å²) in [6.07, 6.45) is 2.40. The molecule has 0 spiro atoms. The Bertz CT molecular complexity index is 880. The van der Waals surface area contributed by atoms with Crippen molar-refractivity contribution in [1.29, 1.82) is 5.26 Å². The molecule has 2 amide bonds. The molecule has 0 atom stereocenters. The lowest BCUT2D eigenvalue weighted by atomic mass is 10.2. The molecule has 0 bridgehead atoms. The summed E-state index contributed by atoms with van der Waals surface area (Å²) >= 11 is 0. The van der Waals surface area contributed by atoms with Gasteiger partial charge in [-0.1, -0.05) is 0 Å². The lowest BCUT2D eigenvalue weighted by Gasteiger charge is -2.34. The number of nitrogens with zero attached hydrogens (tertiary/aromatic N) is 3. The van der Waals surface area contributed by atoms with E-state index in [1.807, 2.05) is 6.07 Å². The summed E-state index contributed by atoms with van der Waals surface area (Å²) in [5.74, 6) is 1.26. The van der Waals surface area contributed by atoms with Gasteiger partial charge in [-0.2, -0.15) is 5.26 Å². The zero-order valence-electron chi connectivity index (χ0n) is 16.3. The second-order valence-electron chi connectivity index (χ2n) is 6.58. The lowest BCUT2D eigenvalue weighted by molar-refractivity contribution is -0.132. The van der Waals surface area contributed by atoms with Crippen molar-refractivity contribution in [2.45, 2.75) is 12.8 Å². The molecule has 0 N–H and O–H groups in total. The summed E-state index contributed by atoms with van der Waals surface area (Å²) in [4.78, 5) is 28.1. The molecule has 1 aliphatic rings. The molecule has 8 heteroatoms. The van der Waals surface area contributed by atoms with Crippen LogP contribution in [-0.2, 0) is 4.79 Å². The average molecular weight is 397 g/mol. The first-order valence-corrected chi connectivity index (χ1v) is 9.44. The Balaban J connectivity index is 1.40. The highest BCUT2D eigenvalue weighted by atomic mass is 16.5. The molecule has 1 aromatic carbocycles. The summed E-state index contributed by atoms with van der Waals surface area (Å²) in [5.41, 5.74) is 0.494. The molecule has 1 aliphatic heterocycles. The van der Waals surface area contributed by atoms with Crippen molar-refractivity contribution in [2.24, 2.45) is 0 Å². The second kappa shape index (κ2) is 9.64. The van der Waals surface area contributed by atoms with Gasteiger partial charge >= 0.3 is 0 Å². The monoisotopic (exact) mass is 397 g/mol. The Labute approximate surface area is 169 Å². The van der Waals surface area contributed by atoms with Crippen LogP contribution in [0.25, 0.3) is 0 Å². The van der Waals surface area contributed by atoms with Crippen LogP contribution in [0.5, 0.6) is 11.5 Å². The van der Waals surface area contributed by atoms with Crippen molar-refractivity contribution in [1.82, 2.24) is 9.80 Å². The Kier molecular flexibility index (Phi) is 6.74. The molecule has 3 rings (SSSR count). The molecule has 152 valence electrons. The Morgan fingerprint density at radius 2 is 1.90 bits per heavy atom. The molecule has 0 saturated carbocycles. The van der Waals surface area contributed by atoms with Crippen LogP contribution in [0.3, 0.4) is 0 Å². The number of furan rings is 1. The van der Waals surface area contributed by atoms with Crippen LogP contribution in [0.15, 0.2) is 41.0 Å². The number of rotatable bonds is 7. The first kappa shape index (κ1) is 20.3. The lowest BCUT2D eigenvalue weighted by Crippen LogP contribution is -2.50. The van der Waals surface area contributed by atoms with E-state index in [2.05, 4.69) is 0 Å². The van der Waals surface area contributed by atoms with Gasteiger partial charge in [-0.15, -0.1) is 0 Å². The van der Waals surface area contributed by atoms with Crippen LogP contribution in [0, 0.1) is 11.3 Å². The van der Waals surface area contributed by atoms with Crippen molar-refractivity contribution < 1.29 is 23.5 Å². The number of methoxy groups -OCH3 is 1. The Morgan fingerprint density at radius 1 is 1.14 bits per heavy atom. The summed E-state index contributed by atoms with van der Waals surface area (Å²) < 4.78 is 16.1. The topological polar surface area (TPSA) is 96.0 Å². The first-order valence-electron chi connectivity index (χ1n) is 9.44. The maximum absolute atomic E-state index is 12.4. The Hall–Kier alpha value is -3.47. The minimum atomic E-state index is -0.146. The fourth-order valence-corrected chi connectivity index (χ4v) is 3.14. The van der Waals surface area contributed by atoms with Gasteiger partial charge in [-0.25, -0.2) is 0 Å². The number of hydrogen-bond donors (Lipinski definition) is 0. The average Bonchev–Trinajstić information content (AvgIpc) is 3.31. The number of nitriles is 1. The predicted molar refractivity (Wildman–Crippen MR) is 104 cm³/mol. The minimum Gasteiger partial charge on any atom is -0.493 e. The SMILES string of the molecule is COc1cc(C#N)ccc1OCCCC(=O)N1CCN(C(=O)c2ccco2)CC1. The van der Waals surface area contributed by atoms with Gasteiger partial charge in [-0.05, 0) is 30.7 Å². The van der Waals surface area contributed by atoms with Crippen molar-refractivity contribution in [3.05, 3.63) is 47.9 Å². The molecule has 1 saturated heterocycles. The highest BCUT2D eigenvalue weighted by molar-refractivity contribution is 5.91. The third-order valence-corrected chi connectivity index (χ3v) is 4.74. The van der Waals surface area contributed by atoms with Crippen molar-refractivity contribution >= 4 is 11.8 Å². The van der Waals surface area contributed by atoms with Gasteiger partial charge in [0.1, 0.15) is 0 Å². The largest absolute Gasteiger partial charge is 0.493 e. The molecular weight excluding hydrogens is 374 g/mol. The maximum atomic E-state index is 12.4. The fourth-order valence-electron chi connectivity index (χ4n) is 3.14. The molecule has 29 heavy (non-hydrogen) atoms. The van der Waals surface area contributed by atoms with E-state index in [4.69, 9.17) is 19.2 Å². The molecule has 1 aromatic heterocycles. The van der Waals surface area contributed by atoms with E-state index < -0.39 is 0 Å². The summed E-state index contributed by atoms with van der Waals surface area (Å²) in [5, 5.41) is 8.93. The van der Waals surface area contributed by atoms with E-state index in [1.54, 1.807) is 40.1 Å². The number of benzene rings is 1. The zero-order valence-corrected chi connectivity index (χ0v) is 16.3. The fraction of sp³-hybridized carbons (Fsp3) is 0.381. The highest BCUT2D eigenvalue weighted by Gasteiger charge is 2.25. The van der Waals surface area contributed by atoms with Crippen LogP contribution < -0.4 is 9.47 Å². The van der Waals surface area contributed by atoms with Crippen molar-refractivity contribution in [3.8, 4) is 17.6 Å². The normalized spacial score (nSPS) is 13.7. The van der Waals surface area contributed by atoms with Gasteiger partial charge < -0.3 is 23.7 Å². The van der Waals surface area contributed by atoms with E-state index in [9.17, 15) is 9.59 Å². The van der Waals surface area contributed by atoms with Crippen molar-refractivity contribution in [2.75, 3.05) is 39.9 Å². The van der Waals surface area contributed by atoms with Gasteiger partial charge in [0.15, 0.2) is 17.3 Å². The van der Waals surface area contributed by atoms with Gasteiger partial charge in [-0.3, -0.25) is 9.59 Å². The van der Waals surface area contributed by atoms with Crippen LogP contribution in [0.4, 0.5) is 0 Å². The number of hydrogen-bond acceptors (Lipinski definition) is 6. The van der Waals surface area contributed by atoms with Gasteiger partial charge in [0.25, 0.3) is 5.91 Å². The van der Waals surface area contributed by atoms with E-state index in [0.717, 1.165) is 0 Å². The zero-order chi connectivity index (χ0) is 20.6. The summed E-state index contributed by atoms with van der Waals surface area (Å²) in [6.45, 7) is 2.37. The van der Waals surface area contributed by atoms with Crippen LogP contribution in [0.1, 0.15) is 29.0 Å². The van der Waals surface area contributed by atoms with E-state index in [-0.39, 0.29) is 11.8 Å². The predicted octanol–water partition coefficient (Wildman–Crippen LogP) is 2.30. The molecule has 0 aliphatic carbocycles. The summed E-state index contributed by atoms with van der Waals surface area (Å²) in [6, 6.07) is 10.3. The smallest absolute Gasteiger partial charge is 0.289 e. The molecule has 2 aromatic rings. The molecule has 8 nitrogen and oxygen atoms in total. The molecule has 2 heterocycles. The molecule has 0 radical (unpaired) electrons. The molecule has 0 unspecified atom stereocenters. The minimum absolute atomic E-state index is 0.0468. The third-order valence-electron chi connectivity index (χ3n) is 4.74. The van der Waals surface area contributed by atoms with Crippen molar-refractivity contribution in [3.63, 3.8) is 0 Å². The number of amides is 2. The number of ether oxygens (including phenoxy) is 2.